The first-order chi connectivity index (χ1) is 47.9. The first-order valence-electron chi connectivity index (χ1n) is 33.7. The van der Waals surface area contributed by atoms with Gasteiger partial charge in [0.1, 0.15) is 29.4 Å². The number of benzene rings is 5. The van der Waals surface area contributed by atoms with Crippen molar-refractivity contribution in [1.29, 1.82) is 0 Å². The molecule has 0 radical (unpaired) electrons. The number of carbonyl (C=O) groups excluding carboxylic acids is 1. The Morgan fingerprint density at radius 2 is 0.880 bits per heavy atom. The van der Waals surface area contributed by atoms with Crippen molar-refractivity contribution in [3.63, 3.8) is 0 Å². The number of aromatic nitrogens is 3. The first kappa shape index (κ1) is 75.5. The van der Waals surface area contributed by atoms with Crippen LogP contribution in [0.15, 0.2) is 219 Å². The summed E-state index contributed by atoms with van der Waals surface area (Å²) in [7, 11) is -3.39. The quantitative estimate of drug-likeness (QED) is 0.0575. The van der Waals surface area contributed by atoms with Crippen molar-refractivity contribution in [2.75, 3.05) is 139 Å². The number of amides is 1. The number of carboxylic acid groups (broad SMARTS) is 1. The molecular formula is C76H93F4N13O6S. The van der Waals surface area contributed by atoms with E-state index in [9.17, 15) is 30.8 Å². The van der Waals surface area contributed by atoms with Crippen LogP contribution in [0.5, 0.6) is 0 Å². The summed E-state index contributed by atoms with van der Waals surface area (Å²) in [6, 6.07) is 68.4. The fourth-order valence-corrected chi connectivity index (χ4v) is 13.7. The van der Waals surface area contributed by atoms with Crippen molar-refractivity contribution in [3.05, 3.63) is 252 Å². The molecule has 0 bridgehead atoms. The Morgan fingerprint density at radius 1 is 0.530 bits per heavy atom. The minimum Gasteiger partial charge on any atom is -0.475 e. The molecule has 4 N–H and O–H groups in total. The SMILES string of the molecule is C.CS(=O)(=O)OC1CN(C(c2ccccc2)c2ccccc2)C1.N[C@@H](CC(=O)N1CC(N2CCN(c3ccccn3)CC2)C1)Cc1ccccc1F.O=C(O)C(F)(F)F.c1ccc(C(c2ccccc2)N2CC(N3CCN(c4ccccn4)CC3)C2)cc1.c1ccc(N2CCNCC2)nc1. The van der Waals surface area contributed by atoms with Crippen LogP contribution in [0.3, 0.4) is 0 Å². The number of halogens is 4. The lowest BCUT2D eigenvalue weighted by Gasteiger charge is -2.51. The predicted octanol–water partition coefficient (Wildman–Crippen LogP) is 9.39. The van der Waals surface area contributed by atoms with Crippen LogP contribution in [0.2, 0.25) is 0 Å². The van der Waals surface area contributed by atoms with Crippen molar-refractivity contribution >= 4 is 39.4 Å². The zero-order chi connectivity index (χ0) is 69.6. The van der Waals surface area contributed by atoms with Crippen LogP contribution in [0, 0.1) is 5.82 Å². The predicted molar refractivity (Wildman–Crippen MR) is 385 cm³/mol. The summed E-state index contributed by atoms with van der Waals surface area (Å²) in [6.45, 7) is 17.5. The number of pyridine rings is 3. The molecule has 1 atom stereocenters. The van der Waals surface area contributed by atoms with Gasteiger partial charge in [0.15, 0.2) is 0 Å². The van der Waals surface area contributed by atoms with E-state index in [-0.39, 0.29) is 43.8 Å². The van der Waals surface area contributed by atoms with Crippen molar-refractivity contribution < 1.29 is 44.9 Å². The van der Waals surface area contributed by atoms with Gasteiger partial charge in [0, 0.05) is 161 Å². The van der Waals surface area contributed by atoms with Gasteiger partial charge in [-0.05, 0) is 76.7 Å². The highest BCUT2D eigenvalue weighted by atomic mass is 32.2. The maximum absolute atomic E-state index is 13.8. The average molecular weight is 1390 g/mol. The fraction of sp³-hybridized carbons (Fsp3) is 0.382. The van der Waals surface area contributed by atoms with Gasteiger partial charge in [-0.2, -0.15) is 21.6 Å². The van der Waals surface area contributed by atoms with Crippen LogP contribution in [0.4, 0.5) is 35.0 Å². The second kappa shape index (κ2) is 37.1. The maximum atomic E-state index is 13.8. The zero-order valence-corrected chi connectivity index (χ0v) is 56.6. The number of nitrogens with one attached hydrogen (secondary N) is 1. The molecule has 6 aliphatic heterocycles. The standard InChI is InChI=1S/C25H28N4.C22H28FN5O.C17H19NO3S.C9H13N3.C2HF3O2.CH4/c1-3-9-21(10-4-1)25(22-11-5-2-6-12-22)29-19-23(20-29)27-15-17-28(18-16-27)24-13-7-8-14-26-24;23-20-6-2-1-5-17(20)13-18(24)14-22(29)28-15-19(16-28)26-9-11-27(12-10-26)21-7-3-4-8-25-21;1-22(19,20)21-16-12-18(13-16)17(14-8-4-2-5-9-14)15-10-6-3-7-11-15;1-2-4-11-9(3-1)12-7-5-10-6-8-12;3-2(4,5)1(6)7;/h1-14,23,25H,15-20H2;1-8,18-19H,9-16,24H2;2-11,16-17H,12-13H2,1H3;1-4,10H,5-8H2;(H,6,7);1H4/t;18-;;;;/m.1..../s1. The van der Waals surface area contributed by atoms with Crippen molar-refractivity contribution in [3.8, 4) is 0 Å². The summed E-state index contributed by atoms with van der Waals surface area (Å²) in [6.07, 6.45) is 1.97. The largest absolute Gasteiger partial charge is 0.490 e. The molecule has 1 amide bonds. The van der Waals surface area contributed by atoms with Crippen molar-refractivity contribution in [2.24, 2.45) is 5.73 Å². The molecule has 14 rings (SSSR count). The summed E-state index contributed by atoms with van der Waals surface area (Å²) in [4.78, 5) is 53.5. The van der Waals surface area contributed by atoms with E-state index in [1.54, 1.807) is 18.2 Å². The highest BCUT2D eigenvalue weighted by Gasteiger charge is 2.41. The molecule has 19 nitrogen and oxygen atoms in total. The summed E-state index contributed by atoms with van der Waals surface area (Å²) >= 11 is 0. The summed E-state index contributed by atoms with van der Waals surface area (Å²) in [5.74, 6) is 0.282. The van der Waals surface area contributed by atoms with Crippen LogP contribution >= 0.6 is 0 Å². The molecule has 0 unspecified atom stereocenters. The average Bonchev–Trinajstić information content (AvgIpc) is 0.788. The number of hydrogen-bond donors (Lipinski definition) is 3. The van der Waals surface area contributed by atoms with Gasteiger partial charge in [0.25, 0.3) is 10.1 Å². The molecular weight excluding hydrogens is 1300 g/mol. The van der Waals surface area contributed by atoms with E-state index in [1.165, 1.54) is 28.3 Å². The van der Waals surface area contributed by atoms with Crippen LogP contribution in [0.25, 0.3) is 0 Å². The molecule has 3 aromatic heterocycles. The van der Waals surface area contributed by atoms with E-state index >= 15 is 0 Å². The first-order valence-corrected chi connectivity index (χ1v) is 35.5. The van der Waals surface area contributed by atoms with Gasteiger partial charge >= 0.3 is 12.1 Å². The fourth-order valence-electron chi connectivity index (χ4n) is 13.1. The molecule has 6 fully saturated rings. The molecule has 6 saturated heterocycles. The zero-order valence-electron chi connectivity index (χ0n) is 55.8. The topological polar surface area (TPSA) is 200 Å². The van der Waals surface area contributed by atoms with Crippen LogP contribution < -0.4 is 25.8 Å². The second-order valence-corrected chi connectivity index (χ2v) is 26.9. The molecule has 0 aliphatic carbocycles. The molecule has 0 spiro atoms. The number of nitrogens with zero attached hydrogens (tertiary/aromatic N) is 11. The lowest BCUT2D eigenvalue weighted by Crippen LogP contribution is -2.64. The summed E-state index contributed by atoms with van der Waals surface area (Å²) in [5.41, 5.74) is 11.8. The highest BCUT2D eigenvalue weighted by Crippen LogP contribution is 2.36. The number of anilines is 3. The molecule has 9 heterocycles. The smallest absolute Gasteiger partial charge is 0.475 e. The lowest BCUT2D eigenvalue weighted by atomic mass is 9.92. The monoisotopic (exact) mass is 1390 g/mol. The summed E-state index contributed by atoms with van der Waals surface area (Å²) in [5, 5.41) is 10.4. The third kappa shape index (κ3) is 22.1. The molecule has 5 aromatic carbocycles. The number of likely N-dealkylation sites (tertiary alicyclic amines) is 3. The minimum atomic E-state index is -5.08. The van der Waals surface area contributed by atoms with Crippen LogP contribution in [-0.2, 0) is 30.3 Å². The Morgan fingerprint density at radius 3 is 1.24 bits per heavy atom. The molecule has 100 heavy (non-hydrogen) atoms. The highest BCUT2D eigenvalue weighted by molar-refractivity contribution is 7.86. The number of nitrogens with two attached hydrogens (primary N) is 1. The van der Waals surface area contributed by atoms with Gasteiger partial charge in [-0.25, -0.2) is 24.1 Å². The van der Waals surface area contributed by atoms with Gasteiger partial charge in [-0.15, -0.1) is 0 Å². The van der Waals surface area contributed by atoms with E-state index in [4.69, 9.17) is 19.8 Å². The molecule has 0 saturated carbocycles. The normalized spacial score (nSPS) is 17.6. The van der Waals surface area contributed by atoms with E-state index in [0.29, 0.717) is 43.2 Å². The maximum Gasteiger partial charge on any atom is 0.490 e. The molecule has 8 aromatic rings. The number of piperazine rings is 3. The minimum absolute atomic E-state index is 0. The van der Waals surface area contributed by atoms with Gasteiger partial charge in [-0.1, -0.05) is 165 Å². The number of carboxylic acids is 1. The Balaban J connectivity index is 0.000000155. The number of alkyl halides is 3. The van der Waals surface area contributed by atoms with Crippen molar-refractivity contribution in [1.82, 2.24) is 44.8 Å². The molecule has 6 aliphatic rings. The van der Waals surface area contributed by atoms with Crippen LogP contribution in [-0.4, -0.2) is 219 Å². The van der Waals surface area contributed by atoms with Gasteiger partial charge in [-0.3, -0.25) is 28.6 Å². The third-order valence-electron chi connectivity index (χ3n) is 18.3. The molecule has 24 heteroatoms. The Labute approximate surface area is 585 Å². The van der Waals surface area contributed by atoms with E-state index in [2.05, 4.69) is 158 Å². The van der Waals surface area contributed by atoms with Gasteiger partial charge in [0.2, 0.25) is 5.91 Å². The van der Waals surface area contributed by atoms with Gasteiger partial charge in [0.05, 0.1) is 18.3 Å². The Bertz CT molecular complexity index is 3720. The van der Waals surface area contributed by atoms with E-state index in [1.807, 2.05) is 96.3 Å². The number of carbonyl (C=O) groups is 2. The third-order valence-corrected chi connectivity index (χ3v) is 18.9. The van der Waals surface area contributed by atoms with E-state index in [0.717, 1.165) is 128 Å². The van der Waals surface area contributed by atoms with Crippen LogP contribution in [0.1, 0.15) is 53.7 Å². The lowest BCUT2D eigenvalue weighted by molar-refractivity contribution is -0.192. The number of aliphatic carboxylic acids is 1. The number of hydrogen-bond acceptors (Lipinski definition) is 17. The second-order valence-electron chi connectivity index (χ2n) is 25.3. The summed E-state index contributed by atoms with van der Waals surface area (Å²) < 4.78 is 73.0. The molecule has 532 valence electrons. The van der Waals surface area contributed by atoms with E-state index < -0.39 is 22.3 Å². The van der Waals surface area contributed by atoms with Gasteiger partial charge < -0.3 is 35.8 Å². The Kier molecular flexibility index (Phi) is 28.0. The van der Waals surface area contributed by atoms with Crippen molar-refractivity contribution in [2.45, 2.75) is 62.8 Å². The Hall–Kier alpha value is -8.72. The number of rotatable bonds is 17.